The molecule has 5 nitrogen and oxygen atoms in total. The molecule has 1 aliphatic heterocycles. The fraction of sp³-hybridized carbons (Fsp3) is 0.375. The van der Waals surface area contributed by atoms with Crippen LogP contribution in [0.1, 0.15) is 17.3 Å². The van der Waals surface area contributed by atoms with Gasteiger partial charge in [0.25, 0.3) is 5.91 Å². The van der Waals surface area contributed by atoms with Crippen LogP contribution in [0.5, 0.6) is 0 Å². The second-order valence-electron chi connectivity index (χ2n) is 5.38. The number of amides is 1. The topological polar surface area (TPSA) is 41.4 Å². The molecule has 0 spiro atoms. The lowest BCUT2D eigenvalue weighted by Gasteiger charge is -2.33. The van der Waals surface area contributed by atoms with Gasteiger partial charge < -0.3 is 9.80 Å². The minimum atomic E-state index is 0.0518. The highest BCUT2D eigenvalue weighted by molar-refractivity contribution is 6.30. The Labute approximate surface area is 135 Å². The van der Waals surface area contributed by atoms with E-state index in [0.717, 1.165) is 38.4 Å². The van der Waals surface area contributed by atoms with Crippen molar-refractivity contribution in [2.24, 2.45) is 0 Å². The molecule has 2 heterocycles. The molecule has 0 N–H and O–H groups in total. The van der Waals surface area contributed by atoms with Gasteiger partial charge in [0.2, 0.25) is 0 Å². The van der Waals surface area contributed by atoms with Gasteiger partial charge in [0.15, 0.2) is 0 Å². The zero-order chi connectivity index (χ0) is 15.5. The number of nitrogens with zero attached hydrogens (tertiary/aromatic N) is 4. The Hall–Kier alpha value is -1.85. The number of aromatic nitrogens is 2. The maximum absolute atomic E-state index is 12.5. The Balaban J connectivity index is 1.71. The molecular weight excluding hydrogens is 300 g/mol. The van der Waals surface area contributed by atoms with E-state index in [9.17, 15) is 4.79 Å². The quantitative estimate of drug-likeness (QED) is 0.872. The van der Waals surface area contributed by atoms with Gasteiger partial charge in [-0.25, -0.2) is 4.68 Å². The fourth-order valence-corrected chi connectivity index (χ4v) is 2.74. The zero-order valence-corrected chi connectivity index (χ0v) is 13.3. The van der Waals surface area contributed by atoms with E-state index in [4.69, 9.17) is 11.6 Å². The van der Waals surface area contributed by atoms with Crippen molar-refractivity contribution in [2.75, 3.05) is 32.7 Å². The van der Waals surface area contributed by atoms with Crippen molar-refractivity contribution in [1.29, 1.82) is 0 Å². The summed E-state index contributed by atoms with van der Waals surface area (Å²) in [5.74, 6) is 0.0518. The van der Waals surface area contributed by atoms with E-state index in [1.165, 1.54) is 0 Å². The maximum Gasteiger partial charge on any atom is 0.257 e. The first kappa shape index (κ1) is 15.1. The highest BCUT2D eigenvalue weighted by Crippen LogP contribution is 2.14. The molecule has 2 aromatic rings. The third kappa shape index (κ3) is 3.15. The highest BCUT2D eigenvalue weighted by Gasteiger charge is 2.22. The van der Waals surface area contributed by atoms with E-state index in [0.29, 0.717) is 10.6 Å². The van der Waals surface area contributed by atoms with Crippen molar-refractivity contribution in [3.05, 3.63) is 47.2 Å². The summed E-state index contributed by atoms with van der Waals surface area (Å²) in [5, 5.41) is 4.96. The van der Waals surface area contributed by atoms with Gasteiger partial charge in [-0.3, -0.25) is 4.79 Å². The van der Waals surface area contributed by atoms with Crippen molar-refractivity contribution in [3.63, 3.8) is 0 Å². The van der Waals surface area contributed by atoms with E-state index < -0.39 is 0 Å². The van der Waals surface area contributed by atoms with E-state index in [1.54, 1.807) is 17.1 Å². The Bertz CT molecular complexity index is 644. The van der Waals surface area contributed by atoms with Crippen LogP contribution in [0.25, 0.3) is 5.69 Å². The first-order chi connectivity index (χ1) is 10.7. The molecular formula is C16H19ClN4O. The number of hydrogen-bond acceptors (Lipinski definition) is 3. The Morgan fingerprint density at radius 1 is 1.18 bits per heavy atom. The molecule has 0 atom stereocenters. The van der Waals surface area contributed by atoms with Gasteiger partial charge in [0.05, 0.1) is 17.4 Å². The summed E-state index contributed by atoms with van der Waals surface area (Å²) in [6.07, 6.45) is 3.40. The lowest BCUT2D eigenvalue weighted by molar-refractivity contribution is 0.0643. The maximum atomic E-state index is 12.5. The smallest absolute Gasteiger partial charge is 0.257 e. The van der Waals surface area contributed by atoms with E-state index in [2.05, 4.69) is 16.9 Å². The van der Waals surface area contributed by atoms with Gasteiger partial charge in [0.1, 0.15) is 0 Å². The number of rotatable bonds is 3. The van der Waals surface area contributed by atoms with Gasteiger partial charge in [-0.1, -0.05) is 18.5 Å². The molecule has 6 heteroatoms. The number of likely N-dealkylation sites (N-methyl/N-ethyl adjacent to an activating group) is 1. The molecule has 1 saturated heterocycles. The molecule has 1 aromatic heterocycles. The monoisotopic (exact) mass is 318 g/mol. The van der Waals surface area contributed by atoms with Crippen LogP contribution in [0.2, 0.25) is 5.02 Å². The molecule has 1 amide bonds. The molecule has 116 valence electrons. The number of hydrogen-bond donors (Lipinski definition) is 0. The van der Waals surface area contributed by atoms with Crippen LogP contribution in [-0.2, 0) is 0 Å². The molecule has 0 aliphatic carbocycles. The van der Waals surface area contributed by atoms with Crippen LogP contribution in [0.3, 0.4) is 0 Å². The minimum absolute atomic E-state index is 0.0518. The lowest BCUT2D eigenvalue weighted by Crippen LogP contribution is -2.48. The van der Waals surface area contributed by atoms with Gasteiger partial charge in [0, 0.05) is 37.4 Å². The molecule has 0 saturated carbocycles. The summed E-state index contributed by atoms with van der Waals surface area (Å²) < 4.78 is 1.70. The van der Waals surface area contributed by atoms with Crippen molar-refractivity contribution in [3.8, 4) is 5.69 Å². The number of benzene rings is 1. The Morgan fingerprint density at radius 3 is 2.50 bits per heavy atom. The number of carbonyl (C=O) groups excluding carboxylic acids is 1. The normalized spacial score (nSPS) is 16.0. The second-order valence-corrected chi connectivity index (χ2v) is 5.81. The summed E-state index contributed by atoms with van der Waals surface area (Å²) in [6.45, 7) is 6.61. The van der Waals surface area contributed by atoms with Crippen LogP contribution in [-0.4, -0.2) is 58.2 Å². The van der Waals surface area contributed by atoms with Crippen molar-refractivity contribution < 1.29 is 4.79 Å². The number of carbonyl (C=O) groups is 1. The van der Waals surface area contributed by atoms with Crippen molar-refractivity contribution in [2.45, 2.75) is 6.92 Å². The molecule has 0 radical (unpaired) electrons. The largest absolute Gasteiger partial charge is 0.336 e. The van der Waals surface area contributed by atoms with E-state index in [-0.39, 0.29) is 5.91 Å². The van der Waals surface area contributed by atoms with Gasteiger partial charge in [-0.15, -0.1) is 0 Å². The first-order valence-electron chi connectivity index (χ1n) is 7.49. The number of piperazine rings is 1. The second kappa shape index (κ2) is 6.50. The van der Waals surface area contributed by atoms with Gasteiger partial charge in [-0.05, 0) is 30.8 Å². The SMILES string of the molecule is CCN1CCN(C(=O)c2cnn(-c3ccc(Cl)cc3)c2)CC1. The predicted molar refractivity (Wildman–Crippen MR) is 86.6 cm³/mol. The van der Waals surface area contributed by atoms with Crippen LogP contribution < -0.4 is 0 Å². The Morgan fingerprint density at radius 2 is 1.86 bits per heavy atom. The van der Waals surface area contributed by atoms with Gasteiger partial charge in [-0.2, -0.15) is 5.10 Å². The summed E-state index contributed by atoms with van der Waals surface area (Å²) in [4.78, 5) is 16.8. The van der Waals surface area contributed by atoms with E-state index >= 15 is 0 Å². The standard InChI is InChI=1S/C16H19ClN4O/c1-2-19-7-9-20(10-8-19)16(22)13-11-18-21(12-13)15-5-3-14(17)4-6-15/h3-6,11-12H,2,7-10H2,1H3. The summed E-state index contributed by atoms with van der Waals surface area (Å²) in [5.41, 5.74) is 1.51. The molecule has 22 heavy (non-hydrogen) atoms. The van der Waals surface area contributed by atoms with E-state index in [1.807, 2.05) is 29.2 Å². The third-order valence-corrected chi connectivity index (χ3v) is 4.28. The molecule has 1 aliphatic rings. The summed E-state index contributed by atoms with van der Waals surface area (Å²) in [7, 11) is 0. The molecule has 0 bridgehead atoms. The first-order valence-corrected chi connectivity index (χ1v) is 7.87. The van der Waals surface area contributed by atoms with Crippen LogP contribution in [0.4, 0.5) is 0 Å². The average Bonchev–Trinajstić information content (AvgIpc) is 3.05. The van der Waals surface area contributed by atoms with Gasteiger partial charge >= 0.3 is 0 Å². The summed E-state index contributed by atoms with van der Waals surface area (Å²) >= 11 is 5.89. The summed E-state index contributed by atoms with van der Waals surface area (Å²) in [6, 6.07) is 7.38. The van der Waals surface area contributed by atoms with Crippen molar-refractivity contribution >= 4 is 17.5 Å². The highest BCUT2D eigenvalue weighted by atomic mass is 35.5. The van der Waals surface area contributed by atoms with Crippen LogP contribution in [0.15, 0.2) is 36.7 Å². The molecule has 1 fully saturated rings. The third-order valence-electron chi connectivity index (χ3n) is 4.03. The number of halogens is 1. The molecule has 0 unspecified atom stereocenters. The van der Waals surface area contributed by atoms with Crippen LogP contribution in [0, 0.1) is 0 Å². The average molecular weight is 319 g/mol. The minimum Gasteiger partial charge on any atom is -0.336 e. The Kier molecular flexibility index (Phi) is 4.45. The fourth-order valence-electron chi connectivity index (χ4n) is 2.62. The lowest BCUT2D eigenvalue weighted by atomic mass is 10.2. The zero-order valence-electron chi connectivity index (χ0n) is 12.6. The molecule has 3 rings (SSSR count). The predicted octanol–water partition coefficient (Wildman–Crippen LogP) is 2.30. The van der Waals surface area contributed by atoms with Crippen LogP contribution >= 0.6 is 11.6 Å². The van der Waals surface area contributed by atoms with Crippen molar-refractivity contribution in [1.82, 2.24) is 19.6 Å². The molecule has 1 aromatic carbocycles.